The number of nitrogens with zero attached hydrogens (tertiary/aromatic N) is 1. The molecule has 0 radical (unpaired) electrons. The standard InChI is InChI=1S/C13H22N2/c1-4-11(5-2)9-12(14)13-8-6-7-10(3)15-13/h6-8,11-12H,4-5,9,14H2,1-3H3/t12-/m1/s1. The van der Waals surface area contributed by atoms with E-state index in [2.05, 4.69) is 18.8 Å². The molecule has 0 aliphatic rings. The van der Waals surface area contributed by atoms with Crippen LogP contribution in [0.3, 0.4) is 0 Å². The van der Waals surface area contributed by atoms with E-state index in [0.717, 1.165) is 23.7 Å². The van der Waals surface area contributed by atoms with Crippen LogP contribution in [0.1, 0.15) is 50.5 Å². The first kappa shape index (κ1) is 12.2. The van der Waals surface area contributed by atoms with Gasteiger partial charge in [-0.05, 0) is 31.4 Å². The largest absolute Gasteiger partial charge is 0.323 e. The van der Waals surface area contributed by atoms with E-state index in [1.54, 1.807) is 0 Å². The Bertz CT molecular complexity index is 292. The third-order valence-corrected chi connectivity index (χ3v) is 3.03. The lowest BCUT2D eigenvalue weighted by Crippen LogP contribution is -2.16. The predicted molar refractivity (Wildman–Crippen MR) is 64.6 cm³/mol. The molecule has 1 atom stereocenters. The first-order valence-electron chi connectivity index (χ1n) is 5.86. The molecular formula is C13H22N2. The summed E-state index contributed by atoms with van der Waals surface area (Å²) in [4.78, 5) is 4.47. The van der Waals surface area contributed by atoms with Crippen molar-refractivity contribution in [2.24, 2.45) is 11.7 Å². The van der Waals surface area contributed by atoms with Gasteiger partial charge in [0.05, 0.1) is 5.69 Å². The Balaban J connectivity index is 2.64. The third kappa shape index (κ3) is 3.63. The molecular weight excluding hydrogens is 184 g/mol. The molecule has 0 spiro atoms. The Labute approximate surface area is 92.9 Å². The average Bonchev–Trinajstić information content (AvgIpc) is 2.25. The van der Waals surface area contributed by atoms with E-state index in [1.807, 2.05) is 25.1 Å². The van der Waals surface area contributed by atoms with Crippen LogP contribution in [0.4, 0.5) is 0 Å². The molecule has 1 rings (SSSR count). The van der Waals surface area contributed by atoms with Crippen molar-refractivity contribution in [1.29, 1.82) is 0 Å². The van der Waals surface area contributed by atoms with Gasteiger partial charge < -0.3 is 5.73 Å². The lowest BCUT2D eigenvalue weighted by molar-refractivity contribution is 0.410. The molecule has 0 unspecified atom stereocenters. The molecule has 1 aromatic heterocycles. The molecule has 1 heterocycles. The zero-order valence-corrected chi connectivity index (χ0v) is 10.0. The monoisotopic (exact) mass is 206 g/mol. The van der Waals surface area contributed by atoms with Crippen LogP contribution < -0.4 is 5.73 Å². The summed E-state index contributed by atoms with van der Waals surface area (Å²) in [5.41, 5.74) is 8.23. The summed E-state index contributed by atoms with van der Waals surface area (Å²) in [5.74, 6) is 0.724. The first-order valence-corrected chi connectivity index (χ1v) is 5.86. The number of pyridine rings is 1. The van der Waals surface area contributed by atoms with E-state index in [9.17, 15) is 0 Å². The predicted octanol–water partition coefficient (Wildman–Crippen LogP) is 3.22. The van der Waals surface area contributed by atoms with Crippen molar-refractivity contribution >= 4 is 0 Å². The highest BCUT2D eigenvalue weighted by Gasteiger charge is 2.12. The highest BCUT2D eigenvalue weighted by Crippen LogP contribution is 2.22. The molecule has 0 aliphatic carbocycles. The molecule has 0 aromatic carbocycles. The van der Waals surface area contributed by atoms with Crippen LogP contribution in [0.15, 0.2) is 18.2 Å². The van der Waals surface area contributed by atoms with E-state index in [0.29, 0.717) is 0 Å². The zero-order valence-electron chi connectivity index (χ0n) is 10.0. The fourth-order valence-corrected chi connectivity index (χ4v) is 1.87. The van der Waals surface area contributed by atoms with Crippen LogP contribution >= 0.6 is 0 Å². The van der Waals surface area contributed by atoms with Gasteiger partial charge >= 0.3 is 0 Å². The van der Waals surface area contributed by atoms with Crippen molar-refractivity contribution in [3.63, 3.8) is 0 Å². The number of hydrogen-bond acceptors (Lipinski definition) is 2. The molecule has 0 fully saturated rings. The summed E-state index contributed by atoms with van der Waals surface area (Å²) in [5, 5.41) is 0. The normalized spacial score (nSPS) is 13.1. The molecule has 2 heteroatoms. The summed E-state index contributed by atoms with van der Waals surface area (Å²) >= 11 is 0. The van der Waals surface area contributed by atoms with Gasteiger partial charge in [0.2, 0.25) is 0 Å². The minimum atomic E-state index is 0.0924. The second kappa shape index (κ2) is 5.86. The minimum Gasteiger partial charge on any atom is -0.323 e. The van der Waals surface area contributed by atoms with E-state index in [-0.39, 0.29) is 6.04 Å². The third-order valence-electron chi connectivity index (χ3n) is 3.03. The summed E-state index contributed by atoms with van der Waals surface area (Å²) in [6, 6.07) is 6.16. The fourth-order valence-electron chi connectivity index (χ4n) is 1.87. The fraction of sp³-hybridized carbons (Fsp3) is 0.615. The lowest BCUT2D eigenvalue weighted by Gasteiger charge is -2.18. The smallest absolute Gasteiger partial charge is 0.0574 e. The van der Waals surface area contributed by atoms with Gasteiger partial charge in [0, 0.05) is 11.7 Å². The molecule has 15 heavy (non-hydrogen) atoms. The quantitative estimate of drug-likeness (QED) is 0.803. The SMILES string of the molecule is CCC(CC)C[C@@H](N)c1cccc(C)n1. The molecule has 0 aliphatic heterocycles. The van der Waals surface area contributed by atoms with Gasteiger partial charge in [0.15, 0.2) is 0 Å². The van der Waals surface area contributed by atoms with Gasteiger partial charge in [0.1, 0.15) is 0 Å². The van der Waals surface area contributed by atoms with Gasteiger partial charge in [-0.2, -0.15) is 0 Å². The topological polar surface area (TPSA) is 38.9 Å². The number of hydrogen-bond donors (Lipinski definition) is 1. The van der Waals surface area contributed by atoms with Crippen LogP contribution in [0, 0.1) is 12.8 Å². The molecule has 84 valence electrons. The first-order chi connectivity index (χ1) is 7.17. The van der Waals surface area contributed by atoms with Crippen molar-refractivity contribution in [3.05, 3.63) is 29.6 Å². The van der Waals surface area contributed by atoms with Gasteiger partial charge in [-0.3, -0.25) is 4.98 Å². The Hall–Kier alpha value is -0.890. The molecule has 0 amide bonds. The summed E-state index contributed by atoms with van der Waals surface area (Å²) < 4.78 is 0. The van der Waals surface area contributed by atoms with E-state index in [1.165, 1.54) is 12.8 Å². The molecule has 0 saturated carbocycles. The van der Waals surface area contributed by atoms with Gasteiger partial charge in [0.25, 0.3) is 0 Å². The molecule has 1 aromatic rings. The molecule has 2 nitrogen and oxygen atoms in total. The van der Waals surface area contributed by atoms with Crippen molar-refractivity contribution in [1.82, 2.24) is 4.98 Å². The maximum atomic E-state index is 6.15. The highest BCUT2D eigenvalue weighted by molar-refractivity contribution is 5.13. The molecule has 0 bridgehead atoms. The maximum Gasteiger partial charge on any atom is 0.0574 e. The Kier molecular flexibility index (Phi) is 4.76. The second-order valence-corrected chi connectivity index (χ2v) is 4.23. The zero-order chi connectivity index (χ0) is 11.3. The van der Waals surface area contributed by atoms with Crippen LogP contribution in [-0.4, -0.2) is 4.98 Å². The minimum absolute atomic E-state index is 0.0924. The number of nitrogens with two attached hydrogens (primary N) is 1. The summed E-state index contributed by atoms with van der Waals surface area (Å²) in [7, 11) is 0. The van der Waals surface area contributed by atoms with Crippen molar-refractivity contribution < 1.29 is 0 Å². The Morgan fingerprint density at radius 3 is 2.47 bits per heavy atom. The van der Waals surface area contributed by atoms with E-state index < -0.39 is 0 Å². The highest BCUT2D eigenvalue weighted by atomic mass is 14.8. The number of rotatable bonds is 5. The number of aromatic nitrogens is 1. The van der Waals surface area contributed by atoms with E-state index >= 15 is 0 Å². The van der Waals surface area contributed by atoms with Gasteiger partial charge in [-0.15, -0.1) is 0 Å². The average molecular weight is 206 g/mol. The Morgan fingerprint density at radius 1 is 1.27 bits per heavy atom. The lowest BCUT2D eigenvalue weighted by atomic mass is 9.93. The maximum absolute atomic E-state index is 6.15. The van der Waals surface area contributed by atoms with Crippen LogP contribution in [-0.2, 0) is 0 Å². The second-order valence-electron chi connectivity index (χ2n) is 4.23. The van der Waals surface area contributed by atoms with E-state index in [4.69, 9.17) is 5.73 Å². The summed E-state index contributed by atoms with van der Waals surface area (Å²) in [6.45, 7) is 6.46. The van der Waals surface area contributed by atoms with Crippen LogP contribution in [0.2, 0.25) is 0 Å². The number of aryl methyl sites for hydroxylation is 1. The Morgan fingerprint density at radius 2 is 1.93 bits per heavy atom. The summed E-state index contributed by atoms with van der Waals surface area (Å²) in [6.07, 6.45) is 3.45. The van der Waals surface area contributed by atoms with Crippen molar-refractivity contribution in [2.45, 2.75) is 46.1 Å². The van der Waals surface area contributed by atoms with Crippen LogP contribution in [0.5, 0.6) is 0 Å². The van der Waals surface area contributed by atoms with Gasteiger partial charge in [-0.25, -0.2) is 0 Å². The van der Waals surface area contributed by atoms with Crippen LogP contribution in [0.25, 0.3) is 0 Å². The van der Waals surface area contributed by atoms with Crippen molar-refractivity contribution in [3.8, 4) is 0 Å². The molecule has 2 N–H and O–H groups in total. The van der Waals surface area contributed by atoms with Gasteiger partial charge in [-0.1, -0.05) is 32.8 Å². The van der Waals surface area contributed by atoms with Crippen molar-refractivity contribution in [2.75, 3.05) is 0 Å². The molecule has 0 saturated heterocycles.